The fourth-order valence-electron chi connectivity index (χ4n) is 2.75. The van der Waals surface area contributed by atoms with Crippen LogP contribution in [-0.4, -0.2) is 5.78 Å². The van der Waals surface area contributed by atoms with Gasteiger partial charge in [-0.2, -0.15) is 0 Å². The molecule has 0 unspecified atom stereocenters. The van der Waals surface area contributed by atoms with Gasteiger partial charge in [-0.25, -0.2) is 0 Å². The van der Waals surface area contributed by atoms with E-state index in [9.17, 15) is 4.79 Å². The average Bonchev–Trinajstić information content (AvgIpc) is 2.60. The highest BCUT2D eigenvalue weighted by atomic mass is 16.1. The van der Waals surface area contributed by atoms with Crippen LogP contribution in [0.2, 0.25) is 0 Å². The van der Waals surface area contributed by atoms with E-state index in [1.165, 1.54) is 6.92 Å². The molecule has 3 rings (SSSR count). The average molecular weight is 299 g/mol. The molecule has 112 valence electrons. The summed E-state index contributed by atoms with van der Waals surface area (Å²) >= 11 is 0. The van der Waals surface area contributed by atoms with Crippen LogP contribution in [0.1, 0.15) is 12.5 Å². The Morgan fingerprint density at radius 3 is 2.26 bits per heavy atom. The largest absolute Gasteiger partial charge is 0.359 e. The monoisotopic (exact) mass is 299 g/mol. The Morgan fingerprint density at radius 1 is 0.957 bits per heavy atom. The first kappa shape index (κ1) is 14.9. The Morgan fingerprint density at radius 2 is 1.61 bits per heavy atom. The number of anilines is 1. The molecule has 0 bridgehead atoms. The maximum absolute atomic E-state index is 12.4. The van der Waals surface area contributed by atoms with E-state index in [2.05, 4.69) is 11.2 Å². The van der Waals surface area contributed by atoms with Crippen molar-refractivity contribution in [3.05, 3.63) is 78.4 Å². The molecule has 0 heterocycles. The van der Waals surface area contributed by atoms with E-state index in [0.29, 0.717) is 0 Å². The number of hydrogen-bond donors (Lipinski definition) is 1. The fourth-order valence-corrected chi connectivity index (χ4v) is 2.75. The van der Waals surface area contributed by atoms with Crippen LogP contribution in [0.3, 0.4) is 0 Å². The van der Waals surface area contributed by atoms with E-state index in [0.717, 1.165) is 22.0 Å². The Kier molecular flexibility index (Phi) is 3.87. The van der Waals surface area contributed by atoms with Crippen LogP contribution in [-0.2, 0) is 10.3 Å². The molecular formula is C21H17NO. The topological polar surface area (TPSA) is 29.1 Å². The SMILES string of the molecule is C#C[C@](Nc1ccccc1)(C(C)=O)c1ccc2ccccc2c1. The van der Waals surface area contributed by atoms with Gasteiger partial charge in [0.25, 0.3) is 0 Å². The lowest BCUT2D eigenvalue weighted by Gasteiger charge is -2.29. The maximum Gasteiger partial charge on any atom is 0.183 e. The van der Waals surface area contributed by atoms with Crippen LogP contribution in [0.4, 0.5) is 5.69 Å². The van der Waals surface area contributed by atoms with Crippen molar-refractivity contribution < 1.29 is 4.79 Å². The molecule has 0 saturated carbocycles. The summed E-state index contributed by atoms with van der Waals surface area (Å²) in [6.45, 7) is 1.52. The molecule has 1 atom stereocenters. The molecule has 0 radical (unpaired) electrons. The number of carbonyl (C=O) groups excluding carboxylic acids is 1. The van der Waals surface area contributed by atoms with Crippen LogP contribution >= 0.6 is 0 Å². The zero-order chi connectivity index (χ0) is 16.3. The van der Waals surface area contributed by atoms with Gasteiger partial charge in [-0.3, -0.25) is 4.79 Å². The minimum Gasteiger partial charge on any atom is -0.359 e. The number of terminal acetylenes is 1. The van der Waals surface area contributed by atoms with Crippen LogP contribution in [0.5, 0.6) is 0 Å². The van der Waals surface area contributed by atoms with E-state index < -0.39 is 5.54 Å². The summed E-state index contributed by atoms with van der Waals surface area (Å²) in [5.41, 5.74) is 0.412. The minimum atomic E-state index is -1.18. The second kappa shape index (κ2) is 5.98. The highest BCUT2D eigenvalue weighted by molar-refractivity contribution is 5.96. The highest BCUT2D eigenvalue weighted by Gasteiger charge is 2.35. The zero-order valence-electron chi connectivity index (χ0n) is 12.9. The number of Topliss-reactive ketones (excluding diaryl/α,β-unsaturated/α-hetero) is 1. The van der Waals surface area contributed by atoms with Crippen molar-refractivity contribution >= 4 is 22.2 Å². The number of hydrogen-bond acceptors (Lipinski definition) is 2. The van der Waals surface area contributed by atoms with Crippen molar-refractivity contribution in [2.24, 2.45) is 0 Å². The molecule has 3 aromatic carbocycles. The van der Waals surface area contributed by atoms with Crippen molar-refractivity contribution in [2.45, 2.75) is 12.5 Å². The zero-order valence-corrected chi connectivity index (χ0v) is 12.9. The maximum atomic E-state index is 12.4. The van der Waals surface area contributed by atoms with Gasteiger partial charge in [0.15, 0.2) is 11.3 Å². The third kappa shape index (κ3) is 2.69. The summed E-state index contributed by atoms with van der Waals surface area (Å²) in [6, 6.07) is 23.4. The Balaban J connectivity index is 2.14. The van der Waals surface area contributed by atoms with E-state index in [-0.39, 0.29) is 5.78 Å². The number of fused-ring (bicyclic) bond motifs is 1. The van der Waals surface area contributed by atoms with E-state index in [1.807, 2.05) is 72.8 Å². The molecule has 0 saturated heterocycles. The van der Waals surface area contributed by atoms with Gasteiger partial charge in [-0.05, 0) is 41.5 Å². The summed E-state index contributed by atoms with van der Waals surface area (Å²) in [7, 11) is 0. The second-order valence-corrected chi connectivity index (χ2v) is 5.50. The second-order valence-electron chi connectivity index (χ2n) is 5.50. The van der Waals surface area contributed by atoms with E-state index in [4.69, 9.17) is 6.42 Å². The summed E-state index contributed by atoms with van der Waals surface area (Å²) in [5, 5.41) is 5.41. The third-order valence-corrected chi connectivity index (χ3v) is 4.03. The molecule has 1 N–H and O–H groups in total. The molecule has 0 aliphatic carbocycles. The summed E-state index contributed by atoms with van der Waals surface area (Å²) in [4.78, 5) is 12.4. The predicted molar refractivity (Wildman–Crippen MR) is 95.2 cm³/mol. The van der Waals surface area contributed by atoms with Gasteiger partial charge in [0.2, 0.25) is 0 Å². The Labute approximate surface area is 136 Å². The minimum absolute atomic E-state index is 0.112. The molecule has 0 spiro atoms. The van der Waals surface area contributed by atoms with Crippen molar-refractivity contribution in [1.29, 1.82) is 0 Å². The predicted octanol–water partition coefficient (Wildman–Crippen LogP) is 4.37. The first-order chi connectivity index (χ1) is 11.2. The lowest BCUT2D eigenvalue weighted by molar-refractivity contribution is -0.119. The molecule has 23 heavy (non-hydrogen) atoms. The van der Waals surface area contributed by atoms with Crippen molar-refractivity contribution in [1.82, 2.24) is 0 Å². The molecule has 0 aliphatic rings. The molecule has 3 aromatic rings. The number of ketones is 1. The number of nitrogens with one attached hydrogen (secondary N) is 1. The van der Waals surface area contributed by atoms with Gasteiger partial charge >= 0.3 is 0 Å². The molecule has 0 fully saturated rings. The van der Waals surface area contributed by atoms with Crippen molar-refractivity contribution in [3.8, 4) is 12.3 Å². The first-order valence-corrected chi connectivity index (χ1v) is 7.47. The van der Waals surface area contributed by atoms with Crippen molar-refractivity contribution in [2.75, 3.05) is 5.32 Å². The molecule has 0 aliphatic heterocycles. The van der Waals surface area contributed by atoms with Gasteiger partial charge < -0.3 is 5.32 Å². The quantitative estimate of drug-likeness (QED) is 0.725. The van der Waals surface area contributed by atoms with Crippen LogP contribution in [0.15, 0.2) is 72.8 Å². The summed E-state index contributed by atoms with van der Waals surface area (Å²) < 4.78 is 0. The van der Waals surface area contributed by atoms with Crippen molar-refractivity contribution in [3.63, 3.8) is 0 Å². The first-order valence-electron chi connectivity index (χ1n) is 7.47. The highest BCUT2D eigenvalue weighted by Crippen LogP contribution is 2.29. The number of carbonyl (C=O) groups is 1. The van der Waals surface area contributed by atoms with Crippen LogP contribution in [0, 0.1) is 12.3 Å². The lowest BCUT2D eigenvalue weighted by atomic mass is 9.85. The standard InChI is InChI=1S/C21H17NO/c1-3-21(16(2)23,22-20-11-5-4-6-12-20)19-14-13-17-9-7-8-10-18(17)15-19/h1,4-15,22H,2H3/t21-/m0/s1. The fraction of sp³-hybridized carbons (Fsp3) is 0.0952. The van der Waals surface area contributed by atoms with Crippen LogP contribution in [0.25, 0.3) is 10.8 Å². The Hall–Kier alpha value is -3.05. The van der Waals surface area contributed by atoms with Crippen LogP contribution < -0.4 is 5.32 Å². The number of para-hydroxylation sites is 1. The normalized spacial score (nSPS) is 13.0. The third-order valence-electron chi connectivity index (χ3n) is 4.03. The molecule has 2 nitrogen and oxygen atoms in total. The van der Waals surface area contributed by atoms with Gasteiger partial charge in [0.1, 0.15) is 0 Å². The molecule has 2 heteroatoms. The van der Waals surface area contributed by atoms with Gasteiger partial charge in [0.05, 0.1) is 0 Å². The summed E-state index contributed by atoms with van der Waals surface area (Å²) in [6.07, 6.45) is 5.80. The lowest BCUT2D eigenvalue weighted by Crippen LogP contribution is -2.40. The van der Waals surface area contributed by atoms with Gasteiger partial charge in [-0.1, -0.05) is 60.5 Å². The number of rotatable bonds is 4. The van der Waals surface area contributed by atoms with Gasteiger partial charge in [-0.15, -0.1) is 6.42 Å². The molecular weight excluding hydrogens is 282 g/mol. The van der Waals surface area contributed by atoms with E-state index in [1.54, 1.807) is 0 Å². The summed E-state index contributed by atoms with van der Waals surface area (Å²) in [5.74, 6) is 2.57. The molecule has 0 amide bonds. The molecule has 0 aromatic heterocycles. The number of benzene rings is 3. The smallest absolute Gasteiger partial charge is 0.183 e. The van der Waals surface area contributed by atoms with Gasteiger partial charge in [0, 0.05) is 5.69 Å². The Bertz CT molecular complexity index is 892. The van der Waals surface area contributed by atoms with E-state index >= 15 is 0 Å².